The van der Waals surface area contributed by atoms with Crippen molar-refractivity contribution in [3.8, 4) is 0 Å². The molecule has 1 aliphatic rings. The van der Waals surface area contributed by atoms with Gasteiger partial charge in [-0.05, 0) is 45.7 Å². The Hall–Kier alpha value is -2.57. The first-order chi connectivity index (χ1) is 11.9. The van der Waals surface area contributed by atoms with Crippen molar-refractivity contribution in [2.24, 2.45) is 5.73 Å². The molecule has 3 rings (SSSR count). The Bertz CT molecular complexity index is 792. The number of hydrogen-bond acceptors (Lipinski definition) is 4. The van der Waals surface area contributed by atoms with Crippen molar-refractivity contribution in [2.45, 2.75) is 45.4 Å². The van der Waals surface area contributed by atoms with Gasteiger partial charge in [-0.3, -0.25) is 14.7 Å². The van der Waals surface area contributed by atoms with Crippen LogP contribution in [0.15, 0.2) is 16.5 Å². The number of likely N-dealkylation sites (tertiary alicyclic amines) is 1. The molecule has 7 nitrogen and oxygen atoms in total. The van der Waals surface area contributed by atoms with Gasteiger partial charge >= 0.3 is 0 Å². The van der Waals surface area contributed by atoms with Crippen molar-refractivity contribution in [3.63, 3.8) is 0 Å². The highest BCUT2D eigenvalue weighted by Crippen LogP contribution is 2.30. The Morgan fingerprint density at radius 2 is 2.16 bits per heavy atom. The number of H-pyrrole nitrogens is 1. The molecule has 1 fully saturated rings. The number of furan rings is 1. The Balaban J connectivity index is 1.72. The third-order valence-electron chi connectivity index (χ3n) is 4.94. The molecule has 3 N–H and O–H groups in total. The van der Waals surface area contributed by atoms with Crippen molar-refractivity contribution in [1.29, 1.82) is 0 Å². The van der Waals surface area contributed by atoms with Gasteiger partial charge in [0, 0.05) is 30.3 Å². The molecule has 7 heteroatoms. The molecule has 0 spiro atoms. The lowest BCUT2D eigenvalue weighted by Crippen LogP contribution is -2.41. The topological polar surface area (TPSA) is 105 Å². The van der Waals surface area contributed by atoms with Gasteiger partial charge in [0.2, 0.25) is 5.91 Å². The van der Waals surface area contributed by atoms with Crippen LogP contribution in [0.5, 0.6) is 0 Å². The predicted molar refractivity (Wildman–Crippen MR) is 92.3 cm³/mol. The first-order valence-corrected chi connectivity index (χ1v) is 8.57. The molecule has 2 aromatic rings. The fourth-order valence-electron chi connectivity index (χ4n) is 3.59. The minimum Gasteiger partial charge on any atom is -0.466 e. The maximum atomic E-state index is 12.9. The summed E-state index contributed by atoms with van der Waals surface area (Å²) in [4.78, 5) is 26.0. The number of carbonyl (C=O) groups excluding carboxylic acids is 2. The monoisotopic (exact) mass is 344 g/mol. The number of aryl methyl sites for hydroxylation is 2. The van der Waals surface area contributed by atoms with Crippen LogP contribution in [0.1, 0.15) is 64.9 Å². The fourth-order valence-corrected chi connectivity index (χ4v) is 3.59. The summed E-state index contributed by atoms with van der Waals surface area (Å²) < 4.78 is 5.56. The Morgan fingerprint density at radius 1 is 1.40 bits per heavy atom. The smallest absolute Gasteiger partial charge is 0.269 e. The van der Waals surface area contributed by atoms with E-state index in [1.807, 2.05) is 31.7 Å². The van der Waals surface area contributed by atoms with Crippen LogP contribution in [0.25, 0.3) is 0 Å². The summed E-state index contributed by atoms with van der Waals surface area (Å²) >= 11 is 0. The second-order valence-corrected chi connectivity index (χ2v) is 6.79. The van der Waals surface area contributed by atoms with Crippen LogP contribution in [-0.4, -0.2) is 40.0 Å². The molecule has 3 heterocycles. The molecular weight excluding hydrogens is 320 g/mol. The second-order valence-electron chi connectivity index (χ2n) is 6.79. The molecule has 0 aromatic carbocycles. The number of aromatic nitrogens is 2. The van der Waals surface area contributed by atoms with Crippen LogP contribution in [-0.2, 0) is 4.79 Å². The lowest BCUT2D eigenvalue weighted by molar-refractivity contribution is -0.133. The van der Waals surface area contributed by atoms with Gasteiger partial charge in [-0.2, -0.15) is 5.10 Å². The molecule has 2 atom stereocenters. The van der Waals surface area contributed by atoms with E-state index in [9.17, 15) is 9.59 Å². The molecule has 2 unspecified atom stereocenters. The number of rotatable bonds is 4. The highest BCUT2D eigenvalue weighted by Gasteiger charge is 2.30. The van der Waals surface area contributed by atoms with Crippen molar-refractivity contribution in [3.05, 3.63) is 40.6 Å². The maximum absolute atomic E-state index is 12.9. The van der Waals surface area contributed by atoms with Crippen molar-refractivity contribution >= 4 is 11.8 Å². The summed E-state index contributed by atoms with van der Waals surface area (Å²) in [5.74, 6) is 1.07. The number of aromatic amines is 1. The number of primary amides is 1. The number of piperidine rings is 1. The summed E-state index contributed by atoms with van der Waals surface area (Å²) in [5.41, 5.74) is 7.29. The van der Waals surface area contributed by atoms with E-state index in [2.05, 4.69) is 10.2 Å². The number of nitrogens with two attached hydrogens (primary N) is 1. The normalized spacial score (nSPS) is 19.0. The molecule has 0 aliphatic carbocycles. The van der Waals surface area contributed by atoms with Gasteiger partial charge in [0.05, 0.1) is 5.92 Å². The molecule has 0 bridgehead atoms. The molecular formula is C18H24N4O3. The lowest BCUT2D eigenvalue weighted by Gasteiger charge is -2.34. The van der Waals surface area contributed by atoms with E-state index in [0.717, 1.165) is 42.2 Å². The lowest BCUT2D eigenvalue weighted by atomic mass is 9.92. The van der Waals surface area contributed by atoms with Gasteiger partial charge in [-0.25, -0.2) is 0 Å². The first kappa shape index (κ1) is 17.3. The third kappa shape index (κ3) is 3.45. The number of nitrogens with one attached hydrogen (secondary N) is 1. The first-order valence-electron chi connectivity index (χ1n) is 8.57. The average Bonchev–Trinajstić information content (AvgIpc) is 3.20. The largest absolute Gasteiger partial charge is 0.466 e. The zero-order chi connectivity index (χ0) is 18.1. The van der Waals surface area contributed by atoms with Crippen molar-refractivity contribution < 1.29 is 14.0 Å². The highest BCUT2D eigenvalue weighted by atomic mass is 16.3. The second kappa shape index (κ2) is 6.74. The van der Waals surface area contributed by atoms with Crippen molar-refractivity contribution in [1.82, 2.24) is 15.1 Å². The van der Waals surface area contributed by atoms with E-state index < -0.39 is 5.91 Å². The van der Waals surface area contributed by atoms with Gasteiger partial charge in [0.25, 0.3) is 5.91 Å². The van der Waals surface area contributed by atoms with Crippen LogP contribution in [0.2, 0.25) is 0 Å². The average molecular weight is 344 g/mol. The van der Waals surface area contributed by atoms with Crippen molar-refractivity contribution in [2.75, 3.05) is 13.1 Å². The molecule has 0 saturated carbocycles. The standard InChI is InChI=1S/C18H24N4O3/c1-10-7-14(12(3)25-10)11(2)18(24)22-6-4-5-13(9-22)15-8-16(17(19)23)21-20-15/h7-8,11,13H,4-6,9H2,1-3H3,(H2,19,23)(H,20,21). The zero-order valence-electron chi connectivity index (χ0n) is 14.8. The van der Waals surface area contributed by atoms with Gasteiger partial charge in [-0.15, -0.1) is 0 Å². The molecule has 25 heavy (non-hydrogen) atoms. The van der Waals surface area contributed by atoms with E-state index in [4.69, 9.17) is 10.2 Å². The molecule has 1 saturated heterocycles. The quantitative estimate of drug-likeness (QED) is 0.887. The number of hydrogen-bond donors (Lipinski definition) is 2. The number of amides is 2. The molecule has 0 radical (unpaired) electrons. The predicted octanol–water partition coefficient (Wildman–Crippen LogP) is 2.23. The third-order valence-corrected chi connectivity index (χ3v) is 4.94. The van der Waals surface area contributed by atoms with Crippen LogP contribution >= 0.6 is 0 Å². The van der Waals surface area contributed by atoms with E-state index in [-0.39, 0.29) is 23.4 Å². The molecule has 2 amide bonds. The van der Waals surface area contributed by atoms with Gasteiger partial charge in [0.1, 0.15) is 17.2 Å². The van der Waals surface area contributed by atoms with Crippen LogP contribution in [0.4, 0.5) is 0 Å². The van der Waals surface area contributed by atoms with Gasteiger partial charge < -0.3 is 15.1 Å². The molecule has 134 valence electrons. The van der Waals surface area contributed by atoms with Gasteiger partial charge in [-0.1, -0.05) is 0 Å². The van der Waals surface area contributed by atoms with E-state index in [1.165, 1.54) is 0 Å². The summed E-state index contributed by atoms with van der Waals surface area (Å²) in [6, 6.07) is 3.63. The van der Waals surface area contributed by atoms with Crippen LogP contribution in [0.3, 0.4) is 0 Å². The molecule has 1 aliphatic heterocycles. The zero-order valence-corrected chi connectivity index (χ0v) is 14.8. The van der Waals surface area contributed by atoms with Crippen LogP contribution in [0, 0.1) is 13.8 Å². The Morgan fingerprint density at radius 3 is 2.76 bits per heavy atom. The number of nitrogens with zero attached hydrogens (tertiary/aromatic N) is 2. The summed E-state index contributed by atoms with van der Waals surface area (Å²) in [5, 5.41) is 6.83. The summed E-state index contributed by atoms with van der Waals surface area (Å²) in [6.45, 7) is 7.05. The minimum atomic E-state index is -0.550. The molecule has 2 aromatic heterocycles. The van der Waals surface area contributed by atoms with E-state index >= 15 is 0 Å². The SMILES string of the molecule is Cc1cc(C(C)C(=O)N2CCCC(c3cc(C(N)=O)n[nH]3)C2)c(C)o1. The number of carbonyl (C=O) groups is 2. The minimum absolute atomic E-state index is 0.100. The fraction of sp³-hybridized carbons (Fsp3) is 0.500. The van der Waals surface area contributed by atoms with E-state index in [0.29, 0.717) is 6.54 Å². The van der Waals surface area contributed by atoms with Crippen LogP contribution < -0.4 is 5.73 Å². The Labute approximate surface area is 146 Å². The summed E-state index contributed by atoms with van der Waals surface area (Å²) in [6.07, 6.45) is 1.86. The Kier molecular flexibility index (Phi) is 4.65. The van der Waals surface area contributed by atoms with Gasteiger partial charge in [0.15, 0.2) is 0 Å². The van der Waals surface area contributed by atoms with E-state index in [1.54, 1.807) is 6.07 Å². The summed E-state index contributed by atoms with van der Waals surface area (Å²) in [7, 11) is 0. The maximum Gasteiger partial charge on any atom is 0.269 e. The highest BCUT2D eigenvalue weighted by molar-refractivity contribution is 5.90.